The van der Waals surface area contributed by atoms with Crippen molar-refractivity contribution in [2.75, 3.05) is 6.54 Å². The van der Waals surface area contributed by atoms with Crippen molar-refractivity contribution in [3.8, 4) is 0 Å². The molecule has 2 rings (SSSR count). The lowest BCUT2D eigenvalue weighted by Crippen LogP contribution is -2.15. The summed E-state index contributed by atoms with van der Waals surface area (Å²) >= 11 is 0. The summed E-state index contributed by atoms with van der Waals surface area (Å²) in [5, 5.41) is 3.08. The summed E-state index contributed by atoms with van der Waals surface area (Å²) in [7, 11) is 0. The summed E-state index contributed by atoms with van der Waals surface area (Å²) < 4.78 is 0. The van der Waals surface area contributed by atoms with Gasteiger partial charge in [-0.3, -0.25) is 9.78 Å². The molecule has 0 bridgehead atoms. The fourth-order valence-electron chi connectivity index (χ4n) is 1.48. The minimum absolute atomic E-state index is 0.442. The topological polar surface area (TPSA) is 68.0 Å². The van der Waals surface area contributed by atoms with Gasteiger partial charge in [0.15, 0.2) is 0 Å². The molecule has 1 aromatic heterocycles. The Balaban J connectivity index is 2.47. The van der Waals surface area contributed by atoms with Gasteiger partial charge in [0.1, 0.15) is 0 Å². The molecule has 3 N–H and O–H groups in total. The van der Waals surface area contributed by atoms with Crippen LogP contribution in [0.5, 0.6) is 0 Å². The van der Waals surface area contributed by atoms with Crippen LogP contribution in [0.25, 0.3) is 5.57 Å². The van der Waals surface area contributed by atoms with Crippen LogP contribution in [0.4, 0.5) is 0 Å². The van der Waals surface area contributed by atoms with Crippen molar-refractivity contribution in [1.29, 1.82) is 0 Å². The number of nitrogens with one attached hydrogen (secondary N) is 1. The number of amides is 1. The van der Waals surface area contributed by atoms with E-state index in [0.29, 0.717) is 5.56 Å². The maximum atomic E-state index is 11.2. The molecule has 0 spiro atoms. The molecule has 2 heterocycles. The van der Waals surface area contributed by atoms with Crippen molar-refractivity contribution in [3.05, 3.63) is 47.9 Å². The molecule has 1 aromatic rings. The van der Waals surface area contributed by atoms with E-state index in [1.807, 2.05) is 18.4 Å². The minimum Gasteiger partial charge on any atom is -0.387 e. The largest absolute Gasteiger partial charge is 0.387 e. The number of hydrogen-bond donors (Lipinski definition) is 2. The highest BCUT2D eigenvalue weighted by molar-refractivity contribution is 5.98. The number of nitrogens with zero attached hydrogens (tertiary/aromatic N) is 1. The highest BCUT2D eigenvalue weighted by Gasteiger charge is 2.10. The Kier molecular flexibility index (Phi) is 2.49. The smallest absolute Gasteiger partial charge is 0.250 e. The lowest BCUT2D eigenvalue weighted by atomic mass is 10.0. The highest BCUT2D eigenvalue weighted by Crippen LogP contribution is 2.19. The van der Waals surface area contributed by atoms with Gasteiger partial charge in [-0.05, 0) is 17.2 Å². The van der Waals surface area contributed by atoms with E-state index in [-0.39, 0.29) is 0 Å². The van der Waals surface area contributed by atoms with Gasteiger partial charge in [-0.25, -0.2) is 0 Å². The Morgan fingerprint density at radius 2 is 2.40 bits per heavy atom. The van der Waals surface area contributed by atoms with Crippen molar-refractivity contribution in [2.24, 2.45) is 5.73 Å². The summed E-state index contributed by atoms with van der Waals surface area (Å²) in [6.45, 7) is 0.806. The molecule has 0 unspecified atom stereocenters. The molecule has 0 radical (unpaired) electrons. The first-order chi connectivity index (χ1) is 7.29. The number of carbonyl (C=O) groups is 1. The van der Waals surface area contributed by atoms with E-state index in [4.69, 9.17) is 5.73 Å². The predicted octanol–water partition coefficient (Wildman–Crippen LogP) is 0.681. The van der Waals surface area contributed by atoms with E-state index in [9.17, 15) is 4.79 Å². The van der Waals surface area contributed by atoms with Crippen molar-refractivity contribution >= 4 is 11.5 Å². The van der Waals surface area contributed by atoms with Gasteiger partial charge in [0.25, 0.3) is 5.91 Å². The number of allylic oxidation sites excluding steroid dienone is 2. The molecule has 4 heteroatoms. The Morgan fingerprint density at radius 3 is 3.07 bits per heavy atom. The Bertz CT molecular complexity index is 449. The van der Waals surface area contributed by atoms with Gasteiger partial charge in [0.2, 0.25) is 0 Å². The second-order valence-corrected chi connectivity index (χ2v) is 3.20. The molecule has 0 saturated carbocycles. The molecule has 0 aliphatic carbocycles. The van der Waals surface area contributed by atoms with E-state index in [2.05, 4.69) is 10.3 Å². The van der Waals surface area contributed by atoms with Crippen LogP contribution in [-0.2, 0) is 0 Å². The normalized spacial score (nSPS) is 14.3. The molecule has 0 aromatic carbocycles. The molecule has 1 amide bonds. The predicted molar refractivity (Wildman–Crippen MR) is 57.9 cm³/mol. The zero-order valence-corrected chi connectivity index (χ0v) is 8.10. The molecular weight excluding hydrogens is 190 g/mol. The van der Waals surface area contributed by atoms with Crippen LogP contribution in [0.3, 0.4) is 0 Å². The van der Waals surface area contributed by atoms with Crippen molar-refractivity contribution < 1.29 is 4.79 Å². The number of hydrogen-bond acceptors (Lipinski definition) is 3. The highest BCUT2D eigenvalue weighted by atomic mass is 16.1. The van der Waals surface area contributed by atoms with Crippen LogP contribution in [0, 0.1) is 0 Å². The monoisotopic (exact) mass is 201 g/mol. The fourth-order valence-corrected chi connectivity index (χ4v) is 1.48. The lowest BCUT2D eigenvalue weighted by Gasteiger charge is -2.10. The van der Waals surface area contributed by atoms with E-state index in [1.54, 1.807) is 12.3 Å². The third-order valence-electron chi connectivity index (χ3n) is 2.19. The third-order valence-corrected chi connectivity index (χ3v) is 2.19. The molecule has 15 heavy (non-hydrogen) atoms. The molecule has 0 saturated heterocycles. The molecule has 1 aliphatic rings. The average Bonchev–Trinajstić information content (AvgIpc) is 2.30. The maximum Gasteiger partial charge on any atom is 0.250 e. The Morgan fingerprint density at radius 1 is 1.53 bits per heavy atom. The van der Waals surface area contributed by atoms with Crippen LogP contribution < -0.4 is 11.1 Å². The number of nitrogens with two attached hydrogens (primary N) is 1. The summed E-state index contributed by atoms with van der Waals surface area (Å²) in [5.41, 5.74) is 7.46. The average molecular weight is 201 g/mol. The third kappa shape index (κ3) is 1.88. The molecule has 0 atom stereocenters. The van der Waals surface area contributed by atoms with Gasteiger partial charge in [0, 0.05) is 25.1 Å². The quantitative estimate of drug-likeness (QED) is 0.739. The van der Waals surface area contributed by atoms with Crippen LogP contribution in [-0.4, -0.2) is 17.4 Å². The number of pyridine rings is 1. The van der Waals surface area contributed by atoms with Crippen molar-refractivity contribution in [2.45, 2.75) is 0 Å². The van der Waals surface area contributed by atoms with Gasteiger partial charge >= 0.3 is 0 Å². The van der Waals surface area contributed by atoms with E-state index in [0.717, 1.165) is 17.7 Å². The van der Waals surface area contributed by atoms with Gasteiger partial charge in [0.05, 0.1) is 5.56 Å². The first kappa shape index (κ1) is 9.45. The van der Waals surface area contributed by atoms with Gasteiger partial charge < -0.3 is 11.1 Å². The first-order valence-electron chi connectivity index (χ1n) is 4.63. The standard InChI is InChI=1S/C11H11N3O/c12-11(15)10-7-14-5-3-9(10)8-2-1-4-13-6-8/h1-3,5-7,13H,4H2,(H2,12,15). The molecule has 1 aliphatic heterocycles. The van der Waals surface area contributed by atoms with Crippen LogP contribution in [0.2, 0.25) is 0 Å². The summed E-state index contributed by atoms with van der Waals surface area (Å²) in [4.78, 5) is 15.1. The second kappa shape index (κ2) is 3.96. The molecule has 0 fully saturated rings. The van der Waals surface area contributed by atoms with Crippen LogP contribution in [0.15, 0.2) is 36.8 Å². The van der Waals surface area contributed by atoms with Gasteiger partial charge in [-0.1, -0.05) is 12.2 Å². The number of rotatable bonds is 2. The number of aromatic nitrogens is 1. The molecule has 76 valence electrons. The zero-order valence-electron chi connectivity index (χ0n) is 8.10. The van der Waals surface area contributed by atoms with Crippen molar-refractivity contribution in [1.82, 2.24) is 10.3 Å². The van der Waals surface area contributed by atoms with E-state index < -0.39 is 5.91 Å². The molecular formula is C11H11N3O. The van der Waals surface area contributed by atoms with Crippen molar-refractivity contribution in [3.63, 3.8) is 0 Å². The Hall–Kier alpha value is -2.10. The summed E-state index contributed by atoms with van der Waals surface area (Å²) in [5.74, 6) is -0.460. The van der Waals surface area contributed by atoms with Crippen LogP contribution in [0.1, 0.15) is 15.9 Å². The molecule has 4 nitrogen and oxygen atoms in total. The van der Waals surface area contributed by atoms with E-state index >= 15 is 0 Å². The summed E-state index contributed by atoms with van der Waals surface area (Å²) in [6.07, 6.45) is 8.94. The SMILES string of the molecule is NC(=O)c1cnccc1C1=CNCC=C1. The van der Waals surface area contributed by atoms with Gasteiger partial charge in [-0.2, -0.15) is 0 Å². The lowest BCUT2D eigenvalue weighted by molar-refractivity contribution is 0.0999. The number of carbonyl (C=O) groups excluding carboxylic acids is 1. The van der Waals surface area contributed by atoms with E-state index in [1.165, 1.54) is 6.20 Å². The van der Waals surface area contributed by atoms with Gasteiger partial charge in [-0.15, -0.1) is 0 Å². The fraction of sp³-hybridized carbons (Fsp3) is 0.0909. The maximum absolute atomic E-state index is 11.2. The zero-order chi connectivity index (χ0) is 10.7. The minimum atomic E-state index is -0.460. The Labute approximate surface area is 87.5 Å². The number of primary amides is 1. The summed E-state index contributed by atoms with van der Waals surface area (Å²) in [6, 6.07) is 1.78. The number of dihydropyridines is 1. The second-order valence-electron chi connectivity index (χ2n) is 3.20. The van der Waals surface area contributed by atoms with Crippen LogP contribution >= 0.6 is 0 Å². The first-order valence-corrected chi connectivity index (χ1v) is 4.63.